The summed E-state index contributed by atoms with van der Waals surface area (Å²) in [6, 6.07) is 10.2. The van der Waals surface area contributed by atoms with Crippen LogP contribution >= 0.6 is 0 Å². The Morgan fingerprint density at radius 2 is 1.75 bits per heavy atom. The second-order valence-corrected chi connectivity index (χ2v) is 4.49. The van der Waals surface area contributed by atoms with Gasteiger partial charge in [-0.2, -0.15) is 0 Å². The summed E-state index contributed by atoms with van der Waals surface area (Å²) in [7, 11) is 0. The second-order valence-electron chi connectivity index (χ2n) is 4.49. The normalized spacial score (nSPS) is 20.6. The number of benzene rings is 1. The molecule has 0 saturated heterocycles. The molecule has 3 N–H and O–H groups in total. The van der Waals surface area contributed by atoms with Gasteiger partial charge in [-0.3, -0.25) is 0 Å². The lowest BCUT2D eigenvalue weighted by atomic mass is 9.68. The van der Waals surface area contributed by atoms with Gasteiger partial charge in [-0.25, -0.2) is 0 Å². The number of nitrogens with two attached hydrogens (primary N) is 1. The SMILES string of the molecule is NC(=NO)C1(c2ccccc2)CCCCC1. The van der Waals surface area contributed by atoms with Crippen molar-refractivity contribution in [3.63, 3.8) is 0 Å². The Hall–Kier alpha value is -1.51. The van der Waals surface area contributed by atoms with Gasteiger partial charge in [0.25, 0.3) is 0 Å². The van der Waals surface area contributed by atoms with Gasteiger partial charge in [0, 0.05) is 0 Å². The molecule has 0 heterocycles. The second kappa shape index (κ2) is 4.56. The molecule has 3 heteroatoms. The van der Waals surface area contributed by atoms with Crippen LogP contribution in [-0.2, 0) is 5.41 Å². The van der Waals surface area contributed by atoms with Crippen molar-refractivity contribution < 1.29 is 5.21 Å². The van der Waals surface area contributed by atoms with Crippen LogP contribution in [0.4, 0.5) is 0 Å². The fourth-order valence-electron chi connectivity index (χ4n) is 2.70. The summed E-state index contributed by atoms with van der Waals surface area (Å²) in [6.45, 7) is 0. The summed E-state index contributed by atoms with van der Waals surface area (Å²) >= 11 is 0. The third kappa shape index (κ3) is 1.77. The van der Waals surface area contributed by atoms with Gasteiger partial charge >= 0.3 is 0 Å². The molecule has 0 amide bonds. The average molecular weight is 218 g/mol. The number of oxime groups is 1. The van der Waals surface area contributed by atoms with Crippen molar-refractivity contribution >= 4 is 5.84 Å². The summed E-state index contributed by atoms with van der Waals surface area (Å²) in [5, 5.41) is 12.2. The van der Waals surface area contributed by atoms with E-state index in [2.05, 4.69) is 17.3 Å². The number of amidine groups is 1. The van der Waals surface area contributed by atoms with E-state index in [4.69, 9.17) is 10.9 Å². The van der Waals surface area contributed by atoms with Crippen molar-refractivity contribution in [3.8, 4) is 0 Å². The lowest BCUT2D eigenvalue weighted by molar-refractivity contribution is 0.300. The minimum absolute atomic E-state index is 0.242. The molecule has 0 atom stereocenters. The highest BCUT2D eigenvalue weighted by molar-refractivity contribution is 5.91. The molecule has 1 saturated carbocycles. The van der Waals surface area contributed by atoms with Crippen molar-refractivity contribution in [1.82, 2.24) is 0 Å². The summed E-state index contributed by atoms with van der Waals surface area (Å²) in [5.41, 5.74) is 6.84. The Bertz CT molecular complexity index is 367. The van der Waals surface area contributed by atoms with E-state index in [-0.39, 0.29) is 5.41 Å². The molecule has 3 nitrogen and oxygen atoms in total. The standard InChI is InChI=1S/C13H18N2O/c14-12(15-16)13(9-5-2-6-10-13)11-7-3-1-4-8-11/h1,3-4,7-8,16H,2,5-6,9-10H2,(H2,14,15). The highest BCUT2D eigenvalue weighted by atomic mass is 16.4. The molecule has 1 aliphatic rings. The average Bonchev–Trinajstić information content (AvgIpc) is 2.39. The molecule has 0 aromatic heterocycles. The van der Waals surface area contributed by atoms with Gasteiger partial charge in [0.05, 0.1) is 5.41 Å². The monoisotopic (exact) mass is 218 g/mol. The van der Waals surface area contributed by atoms with E-state index in [1.54, 1.807) is 0 Å². The van der Waals surface area contributed by atoms with Crippen molar-refractivity contribution in [1.29, 1.82) is 0 Å². The molecule has 16 heavy (non-hydrogen) atoms. The van der Waals surface area contributed by atoms with Crippen LogP contribution < -0.4 is 5.73 Å². The maximum Gasteiger partial charge on any atom is 0.149 e. The number of hydrogen-bond donors (Lipinski definition) is 2. The van der Waals surface area contributed by atoms with Gasteiger partial charge in [-0.15, -0.1) is 0 Å². The molecule has 0 bridgehead atoms. The fourth-order valence-corrected chi connectivity index (χ4v) is 2.70. The van der Waals surface area contributed by atoms with E-state index in [0.717, 1.165) is 25.7 Å². The molecule has 1 aliphatic carbocycles. The quantitative estimate of drug-likeness (QED) is 0.347. The highest BCUT2D eigenvalue weighted by Crippen LogP contribution is 2.39. The zero-order valence-electron chi connectivity index (χ0n) is 9.39. The van der Waals surface area contributed by atoms with E-state index in [1.165, 1.54) is 12.0 Å². The third-order valence-electron chi connectivity index (χ3n) is 3.63. The zero-order valence-corrected chi connectivity index (χ0v) is 9.39. The smallest absolute Gasteiger partial charge is 0.149 e. The van der Waals surface area contributed by atoms with Gasteiger partial charge in [-0.1, -0.05) is 54.8 Å². The Morgan fingerprint density at radius 3 is 2.31 bits per heavy atom. The summed E-state index contributed by atoms with van der Waals surface area (Å²) < 4.78 is 0. The number of nitrogens with zero attached hydrogens (tertiary/aromatic N) is 1. The lowest BCUT2D eigenvalue weighted by Crippen LogP contribution is -2.43. The Kier molecular flexibility index (Phi) is 3.13. The van der Waals surface area contributed by atoms with Gasteiger partial charge in [0.15, 0.2) is 0 Å². The van der Waals surface area contributed by atoms with Crippen molar-refractivity contribution in [2.45, 2.75) is 37.5 Å². The highest BCUT2D eigenvalue weighted by Gasteiger charge is 2.38. The molecule has 1 aromatic rings. The first-order valence-electron chi connectivity index (χ1n) is 5.83. The first-order chi connectivity index (χ1) is 7.79. The van der Waals surface area contributed by atoms with Crippen LogP contribution in [-0.4, -0.2) is 11.0 Å². The maximum atomic E-state index is 8.98. The molecular formula is C13H18N2O. The Morgan fingerprint density at radius 1 is 1.12 bits per heavy atom. The predicted molar refractivity (Wildman–Crippen MR) is 64.6 cm³/mol. The largest absolute Gasteiger partial charge is 0.409 e. The van der Waals surface area contributed by atoms with Crippen LogP contribution in [0.1, 0.15) is 37.7 Å². The molecule has 0 unspecified atom stereocenters. The zero-order chi connectivity index (χ0) is 11.4. The van der Waals surface area contributed by atoms with Gasteiger partial charge in [-0.05, 0) is 18.4 Å². The number of rotatable bonds is 2. The molecule has 1 aromatic carbocycles. The topological polar surface area (TPSA) is 58.6 Å². The van der Waals surface area contributed by atoms with Gasteiger partial charge in [0.1, 0.15) is 5.84 Å². The Balaban J connectivity index is 2.42. The lowest BCUT2D eigenvalue weighted by Gasteiger charge is -2.36. The molecule has 0 radical (unpaired) electrons. The Labute approximate surface area is 96.0 Å². The first kappa shape index (κ1) is 11.0. The summed E-state index contributed by atoms with van der Waals surface area (Å²) in [6.07, 6.45) is 5.49. The first-order valence-corrected chi connectivity index (χ1v) is 5.83. The van der Waals surface area contributed by atoms with Crippen molar-refractivity contribution in [2.75, 3.05) is 0 Å². The van der Waals surface area contributed by atoms with Crippen LogP contribution in [0.2, 0.25) is 0 Å². The van der Waals surface area contributed by atoms with Crippen LogP contribution in [0.15, 0.2) is 35.5 Å². The molecular weight excluding hydrogens is 200 g/mol. The molecule has 0 spiro atoms. The third-order valence-corrected chi connectivity index (χ3v) is 3.63. The molecule has 2 rings (SSSR count). The predicted octanol–water partition coefficient (Wildman–Crippen LogP) is 2.63. The van der Waals surface area contributed by atoms with Crippen LogP contribution in [0.5, 0.6) is 0 Å². The van der Waals surface area contributed by atoms with E-state index < -0.39 is 0 Å². The van der Waals surface area contributed by atoms with Crippen molar-refractivity contribution in [2.24, 2.45) is 10.9 Å². The minimum atomic E-state index is -0.242. The molecule has 0 aliphatic heterocycles. The van der Waals surface area contributed by atoms with Gasteiger partial charge in [0.2, 0.25) is 0 Å². The number of hydrogen-bond acceptors (Lipinski definition) is 2. The maximum absolute atomic E-state index is 8.98. The fraction of sp³-hybridized carbons (Fsp3) is 0.462. The van der Waals surface area contributed by atoms with Gasteiger partial charge < -0.3 is 10.9 Å². The van der Waals surface area contributed by atoms with Crippen LogP contribution in [0.25, 0.3) is 0 Å². The van der Waals surface area contributed by atoms with Crippen LogP contribution in [0, 0.1) is 0 Å². The van der Waals surface area contributed by atoms with E-state index >= 15 is 0 Å². The summed E-state index contributed by atoms with van der Waals surface area (Å²) in [4.78, 5) is 0. The molecule has 86 valence electrons. The minimum Gasteiger partial charge on any atom is -0.409 e. The summed E-state index contributed by atoms with van der Waals surface area (Å²) in [5.74, 6) is 0.360. The van der Waals surface area contributed by atoms with Crippen LogP contribution in [0.3, 0.4) is 0 Å². The van der Waals surface area contributed by atoms with Crippen molar-refractivity contribution in [3.05, 3.63) is 35.9 Å². The van der Waals surface area contributed by atoms with E-state index in [9.17, 15) is 0 Å². The van der Waals surface area contributed by atoms with E-state index in [1.807, 2.05) is 18.2 Å². The van der Waals surface area contributed by atoms with E-state index in [0.29, 0.717) is 5.84 Å². The molecule has 1 fully saturated rings.